The minimum atomic E-state index is -4.07. The summed E-state index contributed by atoms with van der Waals surface area (Å²) in [5.41, 5.74) is 2.43. The standard InChI is InChI=1S/C18H19FN2O3S/c1-4-10-20-25(23,24)16-11-14(8-9-15(16)19)18(22)21-17-12(2)6-5-7-13(17)3/h4-9,11,20H,1,10H2,2-3H3,(H,21,22). The minimum absolute atomic E-state index is 0.0411. The zero-order chi connectivity index (χ0) is 18.6. The highest BCUT2D eigenvalue weighted by atomic mass is 32.2. The maximum atomic E-state index is 13.9. The van der Waals surface area contributed by atoms with Gasteiger partial charge in [0.25, 0.3) is 5.91 Å². The quantitative estimate of drug-likeness (QED) is 0.775. The molecule has 5 nitrogen and oxygen atoms in total. The van der Waals surface area contributed by atoms with Gasteiger partial charge in [0, 0.05) is 17.8 Å². The van der Waals surface area contributed by atoms with Crippen LogP contribution in [0.5, 0.6) is 0 Å². The van der Waals surface area contributed by atoms with Crippen LogP contribution in [0.4, 0.5) is 10.1 Å². The van der Waals surface area contributed by atoms with E-state index in [0.29, 0.717) is 5.69 Å². The number of carbonyl (C=O) groups is 1. The number of hydrogen-bond donors (Lipinski definition) is 2. The first-order valence-corrected chi connectivity index (χ1v) is 9.02. The molecule has 0 aromatic heterocycles. The van der Waals surface area contributed by atoms with Gasteiger partial charge in [0.2, 0.25) is 10.0 Å². The molecule has 2 aromatic rings. The average molecular weight is 362 g/mol. The van der Waals surface area contributed by atoms with Crippen LogP contribution < -0.4 is 10.0 Å². The summed E-state index contributed by atoms with van der Waals surface area (Å²) in [5, 5.41) is 2.74. The van der Waals surface area contributed by atoms with E-state index in [2.05, 4.69) is 16.6 Å². The van der Waals surface area contributed by atoms with Crippen LogP contribution in [0.3, 0.4) is 0 Å². The Balaban J connectivity index is 2.36. The van der Waals surface area contributed by atoms with E-state index in [1.807, 2.05) is 32.0 Å². The van der Waals surface area contributed by atoms with E-state index >= 15 is 0 Å². The lowest BCUT2D eigenvalue weighted by Crippen LogP contribution is -2.25. The van der Waals surface area contributed by atoms with Crippen molar-refractivity contribution in [3.05, 3.63) is 71.6 Å². The van der Waals surface area contributed by atoms with E-state index in [1.165, 1.54) is 12.1 Å². The highest BCUT2D eigenvalue weighted by molar-refractivity contribution is 7.89. The van der Waals surface area contributed by atoms with Crippen LogP contribution in [0.25, 0.3) is 0 Å². The number of rotatable bonds is 6. The first-order chi connectivity index (χ1) is 11.8. The molecule has 0 saturated heterocycles. The van der Waals surface area contributed by atoms with Crippen molar-refractivity contribution < 1.29 is 17.6 Å². The van der Waals surface area contributed by atoms with Crippen LogP contribution in [0.2, 0.25) is 0 Å². The number of sulfonamides is 1. The second-order valence-electron chi connectivity index (χ2n) is 5.51. The van der Waals surface area contributed by atoms with Crippen LogP contribution in [-0.2, 0) is 10.0 Å². The van der Waals surface area contributed by atoms with E-state index < -0.39 is 26.6 Å². The predicted octanol–water partition coefficient (Wildman–Crippen LogP) is 3.16. The van der Waals surface area contributed by atoms with Crippen molar-refractivity contribution in [2.24, 2.45) is 0 Å². The van der Waals surface area contributed by atoms with Crippen molar-refractivity contribution in [3.63, 3.8) is 0 Å². The molecular weight excluding hydrogens is 343 g/mol. The lowest BCUT2D eigenvalue weighted by molar-refractivity contribution is 0.102. The molecule has 0 heterocycles. The number of hydrogen-bond acceptors (Lipinski definition) is 3. The zero-order valence-corrected chi connectivity index (χ0v) is 14.8. The van der Waals surface area contributed by atoms with Crippen LogP contribution in [0.1, 0.15) is 21.5 Å². The summed E-state index contributed by atoms with van der Waals surface area (Å²) in [6.45, 7) is 7.06. The third kappa shape index (κ3) is 4.32. The zero-order valence-electron chi connectivity index (χ0n) is 14.0. The van der Waals surface area contributed by atoms with Crippen LogP contribution in [-0.4, -0.2) is 20.9 Å². The Hall–Kier alpha value is -2.51. The summed E-state index contributed by atoms with van der Waals surface area (Å²) in [5.74, 6) is -1.45. The van der Waals surface area contributed by atoms with Gasteiger partial charge < -0.3 is 5.32 Å². The van der Waals surface area contributed by atoms with Crippen LogP contribution in [0.15, 0.2) is 53.9 Å². The van der Waals surface area contributed by atoms with Gasteiger partial charge in [-0.3, -0.25) is 4.79 Å². The molecule has 2 rings (SSSR count). The van der Waals surface area contributed by atoms with E-state index in [-0.39, 0.29) is 12.1 Å². The van der Waals surface area contributed by atoms with Gasteiger partial charge in [-0.05, 0) is 43.2 Å². The maximum Gasteiger partial charge on any atom is 0.255 e. The molecular formula is C18H19FN2O3S. The predicted molar refractivity (Wildman–Crippen MR) is 95.7 cm³/mol. The summed E-state index contributed by atoms with van der Waals surface area (Å²) in [6, 6.07) is 8.79. The van der Waals surface area contributed by atoms with Crippen molar-refractivity contribution in [1.82, 2.24) is 4.72 Å². The molecule has 1 amide bonds. The summed E-state index contributed by atoms with van der Waals surface area (Å²) in [7, 11) is -4.07. The van der Waals surface area contributed by atoms with Gasteiger partial charge in [-0.15, -0.1) is 6.58 Å². The van der Waals surface area contributed by atoms with E-state index in [4.69, 9.17) is 0 Å². The van der Waals surface area contributed by atoms with Crippen molar-refractivity contribution in [1.29, 1.82) is 0 Å². The van der Waals surface area contributed by atoms with E-state index in [9.17, 15) is 17.6 Å². The molecule has 0 saturated carbocycles. The first-order valence-electron chi connectivity index (χ1n) is 7.54. The van der Waals surface area contributed by atoms with Gasteiger partial charge in [-0.2, -0.15) is 0 Å². The number of amides is 1. The summed E-state index contributed by atoms with van der Waals surface area (Å²) >= 11 is 0. The number of aryl methyl sites for hydroxylation is 2. The van der Waals surface area contributed by atoms with Gasteiger partial charge >= 0.3 is 0 Å². The van der Waals surface area contributed by atoms with Gasteiger partial charge in [-0.25, -0.2) is 17.5 Å². The fourth-order valence-electron chi connectivity index (χ4n) is 2.29. The SMILES string of the molecule is C=CCNS(=O)(=O)c1cc(C(=O)Nc2c(C)cccc2C)ccc1F. The van der Waals surface area contributed by atoms with Gasteiger partial charge in [0.1, 0.15) is 10.7 Å². The normalized spacial score (nSPS) is 11.2. The molecule has 0 atom stereocenters. The minimum Gasteiger partial charge on any atom is -0.322 e. The van der Waals surface area contributed by atoms with E-state index in [1.54, 1.807) is 0 Å². The molecule has 25 heavy (non-hydrogen) atoms. The third-order valence-corrected chi connectivity index (χ3v) is 5.06. The number of nitrogens with one attached hydrogen (secondary N) is 2. The molecule has 0 aliphatic rings. The number of halogens is 1. The molecule has 0 bridgehead atoms. The smallest absolute Gasteiger partial charge is 0.255 e. The topological polar surface area (TPSA) is 75.3 Å². The molecule has 0 radical (unpaired) electrons. The second-order valence-corrected chi connectivity index (χ2v) is 7.24. The molecule has 132 valence electrons. The molecule has 0 unspecified atom stereocenters. The Bertz CT molecular complexity index is 904. The summed E-state index contributed by atoms with van der Waals surface area (Å²) < 4.78 is 40.4. The van der Waals surface area contributed by atoms with Crippen LogP contribution >= 0.6 is 0 Å². The van der Waals surface area contributed by atoms with Crippen molar-refractivity contribution in [2.45, 2.75) is 18.7 Å². The Morgan fingerprint density at radius 3 is 2.44 bits per heavy atom. The van der Waals surface area contributed by atoms with Gasteiger partial charge in [0.05, 0.1) is 0 Å². The van der Waals surface area contributed by atoms with Gasteiger partial charge in [0.15, 0.2) is 0 Å². The number of benzene rings is 2. The lowest BCUT2D eigenvalue weighted by atomic mass is 10.1. The molecule has 0 spiro atoms. The maximum absolute atomic E-state index is 13.9. The Labute approximate surface area is 146 Å². The van der Waals surface area contributed by atoms with Gasteiger partial charge in [-0.1, -0.05) is 24.3 Å². The Morgan fingerprint density at radius 1 is 1.20 bits per heavy atom. The number of carbonyl (C=O) groups excluding carboxylic acids is 1. The van der Waals surface area contributed by atoms with Crippen molar-refractivity contribution in [2.75, 3.05) is 11.9 Å². The fraction of sp³-hybridized carbons (Fsp3) is 0.167. The summed E-state index contributed by atoms with van der Waals surface area (Å²) in [4.78, 5) is 11.9. The van der Waals surface area contributed by atoms with Crippen molar-refractivity contribution >= 4 is 21.6 Å². The molecule has 0 fully saturated rings. The third-order valence-electron chi connectivity index (χ3n) is 3.62. The molecule has 0 aliphatic carbocycles. The molecule has 2 aromatic carbocycles. The molecule has 7 heteroatoms. The number of anilines is 1. The first kappa shape index (κ1) is 18.8. The highest BCUT2D eigenvalue weighted by Gasteiger charge is 2.21. The monoisotopic (exact) mass is 362 g/mol. The Morgan fingerprint density at radius 2 is 1.84 bits per heavy atom. The molecule has 2 N–H and O–H groups in total. The van der Waals surface area contributed by atoms with Crippen LogP contribution in [0, 0.1) is 19.7 Å². The van der Waals surface area contributed by atoms with Crippen molar-refractivity contribution in [3.8, 4) is 0 Å². The number of para-hydroxylation sites is 1. The largest absolute Gasteiger partial charge is 0.322 e. The van der Waals surface area contributed by atoms with E-state index in [0.717, 1.165) is 23.3 Å². The summed E-state index contributed by atoms with van der Waals surface area (Å²) in [6.07, 6.45) is 1.34. The fourth-order valence-corrected chi connectivity index (χ4v) is 3.39. The highest BCUT2D eigenvalue weighted by Crippen LogP contribution is 2.22. The average Bonchev–Trinajstić information content (AvgIpc) is 2.56. The Kier molecular flexibility index (Phi) is 5.71. The molecule has 0 aliphatic heterocycles. The lowest BCUT2D eigenvalue weighted by Gasteiger charge is -2.12. The second kappa shape index (κ2) is 7.58.